The lowest BCUT2D eigenvalue weighted by molar-refractivity contribution is -0.142. The molecule has 0 aromatic carbocycles. The number of hydrogen-bond acceptors (Lipinski definition) is 12. The summed E-state index contributed by atoms with van der Waals surface area (Å²) in [5.41, 5.74) is 5.15. The van der Waals surface area contributed by atoms with Crippen LogP contribution in [0.25, 0.3) is 0 Å². The summed E-state index contributed by atoms with van der Waals surface area (Å²) in [5, 5.41) is 54.2. The fraction of sp³-hybridized carbons (Fsp3) is 0.778. The zero-order chi connectivity index (χ0) is 26.6. The molecule has 0 bridgehead atoms. The first kappa shape index (κ1) is 36.1. The smallest absolute Gasteiger partial charge is 0.317 e. The van der Waals surface area contributed by atoms with Gasteiger partial charge in [0.1, 0.15) is 0 Å². The van der Waals surface area contributed by atoms with Crippen LogP contribution < -0.4 is 16.4 Å². The molecule has 0 aliphatic heterocycles. The minimum Gasteiger partial charge on any atom is -0.480 e. The topological polar surface area (TPSA) is 261 Å². The zero-order valence-electron chi connectivity index (χ0n) is 19.1. The van der Waals surface area contributed by atoms with Gasteiger partial charge in [-0.05, 0) is 0 Å². The molecular weight excluding hydrogens is 464 g/mol. The standard InChI is InChI=1S/C10H18N2O7.C6H14N2O3.C2H6O2/c13-8(14)5-11-1-3-19-4-2-12(6-9(15)16)7-10(17)18;7-1-3-11-4-2-8-5-6(9)10;3-1-2-4/h11H,1-7H2,(H,13,14)(H,15,16)(H,17,18);8H,1-5,7H2,(H,9,10);3-4H,1-2H2. The predicted octanol–water partition coefficient (Wildman–Crippen LogP) is -4.24. The van der Waals surface area contributed by atoms with Crippen LogP contribution in [0.2, 0.25) is 0 Å². The van der Waals surface area contributed by atoms with Crippen molar-refractivity contribution < 1.29 is 59.3 Å². The maximum atomic E-state index is 10.5. The Morgan fingerprint density at radius 2 is 1.09 bits per heavy atom. The van der Waals surface area contributed by atoms with Crippen LogP contribution in [0.3, 0.4) is 0 Å². The van der Waals surface area contributed by atoms with Gasteiger partial charge in [0, 0.05) is 26.2 Å². The van der Waals surface area contributed by atoms with Crippen molar-refractivity contribution in [3.05, 3.63) is 0 Å². The zero-order valence-corrected chi connectivity index (χ0v) is 19.1. The largest absolute Gasteiger partial charge is 0.480 e. The maximum Gasteiger partial charge on any atom is 0.317 e. The Balaban J connectivity index is -0.000000538. The molecular formula is C18H38N4O12. The fourth-order valence-electron chi connectivity index (χ4n) is 1.76. The van der Waals surface area contributed by atoms with Crippen molar-refractivity contribution in [1.82, 2.24) is 15.5 Å². The van der Waals surface area contributed by atoms with Crippen molar-refractivity contribution in [2.45, 2.75) is 0 Å². The molecule has 0 fully saturated rings. The molecule has 0 saturated heterocycles. The van der Waals surface area contributed by atoms with Gasteiger partial charge < -0.3 is 56.5 Å². The predicted molar refractivity (Wildman–Crippen MR) is 118 cm³/mol. The van der Waals surface area contributed by atoms with Gasteiger partial charge in [0.25, 0.3) is 0 Å². The van der Waals surface area contributed by atoms with Crippen molar-refractivity contribution in [3.63, 3.8) is 0 Å². The number of hydrogen-bond donors (Lipinski definition) is 9. The van der Waals surface area contributed by atoms with E-state index in [9.17, 15) is 19.2 Å². The summed E-state index contributed by atoms with van der Waals surface area (Å²) in [5.74, 6) is -4.04. The molecule has 0 heterocycles. The first-order valence-corrected chi connectivity index (χ1v) is 10.2. The molecule has 34 heavy (non-hydrogen) atoms. The normalized spacial score (nSPS) is 10.0. The summed E-state index contributed by atoms with van der Waals surface area (Å²) in [6.07, 6.45) is 0. The quantitative estimate of drug-likeness (QED) is 0.0713. The van der Waals surface area contributed by atoms with E-state index in [-0.39, 0.29) is 59.2 Å². The van der Waals surface area contributed by atoms with Gasteiger partial charge in [-0.1, -0.05) is 0 Å². The third-order valence-electron chi connectivity index (χ3n) is 3.03. The number of carbonyl (C=O) groups is 4. The summed E-state index contributed by atoms with van der Waals surface area (Å²) < 4.78 is 10.1. The van der Waals surface area contributed by atoms with Crippen LogP contribution >= 0.6 is 0 Å². The number of nitrogens with two attached hydrogens (primary N) is 1. The number of aliphatic hydroxyl groups is 2. The second kappa shape index (κ2) is 28.6. The summed E-state index contributed by atoms with van der Waals surface area (Å²) in [4.78, 5) is 42.3. The van der Waals surface area contributed by atoms with Gasteiger partial charge in [0.05, 0.1) is 65.8 Å². The van der Waals surface area contributed by atoms with Gasteiger partial charge in [0.15, 0.2) is 0 Å². The number of aliphatic carboxylic acids is 4. The van der Waals surface area contributed by atoms with Crippen molar-refractivity contribution in [2.75, 3.05) is 92.0 Å². The molecule has 0 atom stereocenters. The highest BCUT2D eigenvalue weighted by Gasteiger charge is 2.12. The Kier molecular flexibility index (Phi) is 30.4. The lowest BCUT2D eigenvalue weighted by Crippen LogP contribution is -2.37. The summed E-state index contributed by atoms with van der Waals surface area (Å²) in [6.45, 7) is 1.88. The average Bonchev–Trinajstić information content (AvgIpc) is 2.74. The molecule has 0 aromatic heterocycles. The molecule has 0 spiro atoms. The molecule has 202 valence electrons. The van der Waals surface area contributed by atoms with Crippen LogP contribution in [0.5, 0.6) is 0 Å². The molecule has 16 nitrogen and oxygen atoms in total. The lowest BCUT2D eigenvalue weighted by Gasteiger charge is -2.17. The van der Waals surface area contributed by atoms with Crippen molar-refractivity contribution in [3.8, 4) is 0 Å². The third-order valence-corrected chi connectivity index (χ3v) is 3.03. The third kappa shape index (κ3) is 40.0. The number of carboxylic acid groups (broad SMARTS) is 4. The molecule has 10 N–H and O–H groups in total. The molecule has 0 amide bonds. The van der Waals surface area contributed by atoms with Crippen LogP contribution in [-0.4, -0.2) is 151 Å². The summed E-state index contributed by atoms with van der Waals surface area (Å²) in [6, 6.07) is 0. The second-order valence-electron chi connectivity index (χ2n) is 6.10. The van der Waals surface area contributed by atoms with E-state index in [1.807, 2.05) is 0 Å². The number of carboxylic acids is 4. The summed E-state index contributed by atoms with van der Waals surface area (Å²) in [7, 11) is 0. The molecule has 0 unspecified atom stereocenters. The van der Waals surface area contributed by atoms with Crippen LogP contribution in [0.15, 0.2) is 0 Å². The number of aliphatic hydroxyl groups excluding tert-OH is 2. The van der Waals surface area contributed by atoms with E-state index >= 15 is 0 Å². The number of nitrogens with zero attached hydrogens (tertiary/aromatic N) is 1. The fourth-order valence-corrected chi connectivity index (χ4v) is 1.76. The molecule has 0 aromatic rings. The first-order valence-electron chi connectivity index (χ1n) is 10.2. The van der Waals surface area contributed by atoms with E-state index in [4.69, 9.17) is 45.8 Å². The Bertz CT molecular complexity index is 507. The van der Waals surface area contributed by atoms with Crippen LogP contribution in [0.4, 0.5) is 0 Å². The second-order valence-corrected chi connectivity index (χ2v) is 6.10. The van der Waals surface area contributed by atoms with E-state index in [0.717, 1.165) is 0 Å². The van der Waals surface area contributed by atoms with E-state index in [1.165, 1.54) is 4.90 Å². The summed E-state index contributed by atoms with van der Waals surface area (Å²) >= 11 is 0. The van der Waals surface area contributed by atoms with E-state index in [2.05, 4.69) is 10.6 Å². The van der Waals surface area contributed by atoms with Crippen LogP contribution in [0.1, 0.15) is 0 Å². The SMILES string of the molecule is NCCOCCNCC(=O)O.O=C(O)CNCCOCCN(CC(=O)O)CC(=O)O.OCCO. The Labute approximate surface area is 197 Å². The highest BCUT2D eigenvalue weighted by molar-refractivity contribution is 5.72. The molecule has 0 saturated carbocycles. The van der Waals surface area contributed by atoms with Crippen molar-refractivity contribution >= 4 is 23.9 Å². The van der Waals surface area contributed by atoms with Gasteiger partial charge in [-0.25, -0.2) is 0 Å². The van der Waals surface area contributed by atoms with Crippen LogP contribution in [-0.2, 0) is 28.7 Å². The molecule has 0 rings (SSSR count). The minimum absolute atomic E-state index is 0.0218. The number of ether oxygens (including phenoxy) is 2. The highest BCUT2D eigenvalue weighted by Crippen LogP contribution is 1.89. The average molecular weight is 503 g/mol. The van der Waals surface area contributed by atoms with Crippen molar-refractivity contribution in [1.29, 1.82) is 0 Å². The lowest BCUT2D eigenvalue weighted by atomic mass is 10.4. The monoisotopic (exact) mass is 502 g/mol. The molecule has 0 aliphatic carbocycles. The maximum absolute atomic E-state index is 10.5. The Hall–Kier alpha value is -2.44. The Morgan fingerprint density at radius 1 is 0.676 bits per heavy atom. The van der Waals surface area contributed by atoms with Gasteiger partial charge in [-0.3, -0.25) is 24.1 Å². The molecule has 0 radical (unpaired) electrons. The van der Waals surface area contributed by atoms with Gasteiger partial charge in [-0.15, -0.1) is 0 Å². The van der Waals surface area contributed by atoms with E-state index in [1.54, 1.807) is 0 Å². The highest BCUT2D eigenvalue weighted by atomic mass is 16.5. The van der Waals surface area contributed by atoms with Gasteiger partial charge in [0.2, 0.25) is 0 Å². The minimum atomic E-state index is -1.11. The van der Waals surface area contributed by atoms with E-state index < -0.39 is 23.9 Å². The van der Waals surface area contributed by atoms with Crippen molar-refractivity contribution in [2.24, 2.45) is 5.73 Å². The number of rotatable bonds is 20. The van der Waals surface area contributed by atoms with E-state index in [0.29, 0.717) is 32.8 Å². The van der Waals surface area contributed by atoms with Crippen LogP contribution in [0, 0.1) is 0 Å². The molecule has 0 aliphatic rings. The Morgan fingerprint density at radius 3 is 1.41 bits per heavy atom. The van der Waals surface area contributed by atoms with Gasteiger partial charge >= 0.3 is 23.9 Å². The van der Waals surface area contributed by atoms with Gasteiger partial charge in [-0.2, -0.15) is 0 Å². The number of nitrogens with one attached hydrogen (secondary N) is 2. The first-order chi connectivity index (χ1) is 16.1. The molecule has 16 heteroatoms.